The van der Waals surface area contributed by atoms with Gasteiger partial charge in [0, 0.05) is 16.1 Å². The molecule has 0 fully saturated rings. The molecule has 0 spiro atoms. The van der Waals surface area contributed by atoms with Crippen molar-refractivity contribution in [1.29, 1.82) is 0 Å². The van der Waals surface area contributed by atoms with Gasteiger partial charge in [0.25, 0.3) is 0 Å². The summed E-state index contributed by atoms with van der Waals surface area (Å²) in [6.07, 6.45) is 3.49. The molecule has 0 radical (unpaired) electrons. The number of hydrogen-bond donors (Lipinski definition) is 0. The van der Waals surface area contributed by atoms with E-state index in [2.05, 4.69) is 38.8 Å². The van der Waals surface area contributed by atoms with E-state index < -0.39 is 0 Å². The van der Waals surface area contributed by atoms with Crippen LogP contribution in [0.25, 0.3) is 0 Å². The van der Waals surface area contributed by atoms with Crippen molar-refractivity contribution >= 4 is 31.9 Å². The Morgan fingerprint density at radius 3 is 2.12 bits per heavy atom. The van der Waals surface area contributed by atoms with E-state index >= 15 is 0 Å². The predicted octanol–water partition coefficient (Wildman–Crippen LogP) is 5.04. The van der Waals surface area contributed by atoms with Gasteiger partial charge in [-0.1, -0.05) is 63.8 Å². The van der Waals surface area contributed by atoms with Gasteiger partial charge in [-0.2, -0.15) is 0 Å². The summed E-state index contributed by atoms with van der Waals surface area (Å²) in [4.78, 5) is 0. The maximum absolute atomic E-state index is 12.9. The number of benzene rings is 1. The van der Waals surface area contributed by atoms with E-state index in [0.717, 1.165) is 17.1 Å². The normalized spacial score (nSPS) is 11.8. The first-order valence-corrected chi connectivity index (χ1v) is 7.81. The van der Waals surface area contributed by atoms with Gasteiger partial charge in [-0.3, -0.25) is 0 Å². The molecule has 0 heterocycles. The quantitative estimate of drug-likeness (QED) is 0.629. The molecule has 1 rings (SSSR count). The fourth-order valence-corrected chi connectivity index (χ4v) is 3.92. The van der Waals surface area contributed by atoms with Gasteiger partial charge in [-0.25, -0.2) is 4.39 Å². The molecule has 0 saturated carbocycles. The average molecular weight is 352 g/mol. The van der Waals surface area contributed by atoms with E-state index in [-0.39, 0.29) is 11.2 Å². The minimum atomic E-state index is -0.169. The molecule has 90 valence electrons. The highest BCUT2D eigenvalue weighted by Gasteiger charge is 2.29. The van der Waals surface area contributed by atoms with E-state index in [4.69, 9.17) is 0 Å². The number of rotatable bonds is 6. The Bertz CT molecular complexity index is 304. The first kappa shape index (κ1) is 14.2. The molecule has 0 unspecified atom stereocenters. The van der Waals surface area contributed by atoms with Crippen LogP contribution >= 0.6 is 31.9 Å². The molecule has 16 heavy (non-hydrogen) atoms. The Morgan fingerprint density at radius 1 is 1.12 bits per heavy atom. The summed E-state index contributed by atoms with van der Waals surface area (Å²) in [5.74, 6) is -0.169. The van der Waals surface area contributed by atoms with Crippen LogP contribution in [-0.4, -0.2) is 10.7 Å². The Morgan fingerprint density at radius 2 is 1.69 bits per heavy atom. The third kappa shape index (κ3) is 3.30. The molecule has 0 aliphatic heterocycles. The lowest BCUT2D eigenvalue weighted by Crippen LogP contribution is -2.30. The Hall–Kier alpha value is 0.110. The third-order valence-electron chi connectivity index (χ3n) is 2.98. The molecule has 0 nitrogen and oxygen atoms in total. The molecule has 0 atom stereocenters. The molecule has 0 N–H and O–H groups in total. The topological polar surface area (TPSA) is 0 Å². The van der Waals surface area contributed by atoms with Gasteiger partial charge in [0.15, 0.2) is 0 Å². The standard InChI is InChI=1S/C13H17Br2F/c1-2-3-8-13(9-14,10-15)11-4-6-12(16)7-5-11/h4-7H,2-3,8-10H2,1H3. The highest BCUT2D eigenvalue weighted by atomic mass is 79.9. The van der Waals surface area contributed by atoms with Crippen LogP contribution in [0.2, 0.25) is 0 Å². The van der Waals surface area contributed by atoms with Crippen molar-refractivity contribution in [2.24, 2.45) is 0 Å². The van der Waals surface area contributed by atoms with Crippen LogP contribution < -0.4 is 0 Å². The maximum atomic E-state index is 12.9. The second-order valence-electron chi connectivity index (χ2n) is 4.16. The smallest absolute Gasteiger partial charge is 0.123 e. The van der Waals surface area contributed by atoms with E-state index in [0.29, 0.717) is 0 Å². The Labute approximate surface area is 114 Å². The van der Waals surface area contributed by atoms with Crippen molar-refractivity contribution in [3.63, 3.8) is 0 Å². The lowest BCUT2D eigenvalue weighted by atomic mass is 9.80. The Balaban J connectivity index is 2.95. The molecule has 0 aliphatic rings. The average Bonchev–Trinajstić information content (AvgIpc) is 2.33. The van der Waals surface area contributed by atoms with Crippen molar-refractivity contribution in [3.8, 4) is 0 Å². The molecule has 3 heteroatoms. The molecule has 0 aliphatic carbocycles. The molecule has 1 aromatic rings. The van der Waals surface area contributed by atoms with Gasteiger partial charge in [-0.05, 0) is 24.1 Å². The molecule has 0 bridgehead atoms. The summed E-state index contributed by atoms with van der Waals surface area (Å²) < 4.78 is 12.9. The van der Waals surface area contributed by atoms with Crippen molar-refractivity contribution in [2.45, 2.75) is 31.6 Å². The SMILES string of the molecule is CCCCC(CBr)(CBr)c1ccc(F)cc1. The molecular weight excluding hydrogens is 335 g/mol. The summed E-state index contributed by atoms with van der Waals surface area (Å²) >= 11 is 7.19. The van der Waals surface area contributed by atoms with Crippen LogP contribution in [0.5, 0.6) is 0 Å². The van der Waals surface area contributed by atoms with Crippen LogP contribution in [0.3, 0.4) is 0 Å². The van der Waals surface area contributed by atoms with Crippen molar-refractivity contribution < 1.29 is 4.39 Å². The van der Waals surface area contributed by atoms with Crippen LogP contribution in [0.15, 0.2) is 24.3 Å². The summed E-state index contributed by atoms with van der Waals surface area (Å²) in [7, 11) is 0. The summed E-state index contributed by atoms with van der Waals surface area (Å²) in [5.41, 5.74) is 1.29. The summed E-state index contributed by atoms with van der Waals surface area (Å²) in [6, 6.07) is 6.88. The van der Waals surface area contributed by atoms with Gasteiger partial charge < -0.3 is 0 Å². The van der Waals surface area contributed by atoms with Gasteiger partial charge >= 0.3 is 0 Å². The molecule has 0 aromatic heterocycles. The molecule has 0 saturated heterocycles. The molecular formula is C13H17Br2F. The lowest BCUT2D eigenvalue weighted by molar-refractivity contribution is 0.479. The van der Waals surface area contributed by atoms with Crippen molar-refractivity contribution in [2.75, 3.05) is 10.7 Å². The zero-order valence-corrected chi connectivity index (χ0v) is 12.7. The highest BCUT2D eigenvalue weighted by molar-refractivity contribution is 9.09. The zero-order chi connectivity index (χ0) is 12.0. The van der Waals surface area contributed by atoms with Crippen molar-refractivity contribution in [3.05, 3.63) is 35.6 Å². The summed E-state index contributed by atoms with van der Waals surface area (Å²) in [5, 5.41) is 1.80. The van der Waals surface area contributed by atoms with Gasteiger partial charge in [0.05, 0.1) is 0 Å². The Kier molecular flexibility index (Phi) is 5.98. The van der Waals surface area contributed by atoms with Gasteiger partial charge in [0.2, 0.25) is 0 Å². The number of hydrogen-bond acceptors (Lipinski definition) is 0. The largest absolute Gasteiger partial charge is 0.207 e. The van der Waals surface area contributed by atoms with E-state index in [1.807, 2.05) is 12.1 Å². The van der Waals surface area contributed by atoms with Crippen LogP contribution in [0, 0.1) is 5.82 Å². The van der Waals surface area contributed by atoms with Gasteiger partial charge in [-0.15, -0.1) is 0 Å². The van der Waals surface area contributed by atoms with Crippen LogP contribution in [-0.2, 0) is 5.41 Å². The fraction of sp³-hybridized carbons (Fsp3) is 0.538. The molecule has 1 aromatic carbocycles. The first-order chi connectivity index (χ1) is 7.68. The fourth-order valence-electron chi connectivity index (χ4n) is 1.79. The number of unbranched alkanes of at least 4 members (excludes halogenated alkanes) is 1. The number of alkyl halides is 2. The van der Waals surface area contributed by atoms with E-state index in [1.54, 1.807) is 12.1 Å². The zero-order valence-electron chi connectivity index (χ0n) is 9.48. The van der Waals surface area contributed by atoms with Crippen molar-refractivity contribution in [1.82, 2.24) is 0 Å². The maximum Gasteiger partial charge on any atom is 0.123 e. The third-order valence-corrected chi connectivity index (χ3v) is 5.12. The molecule has 0 amide bonds. The minimum absolute atomic E-state index is 0.0870. The van der Waals surface area contributed by atoms with Gasteiger partial charge in [0.1, 0.15) is 5.82 Å². The lowest BCUT2D eigenvalue weighted by Gasteiger charge is -2.30. The van der Waals surface area contributed by atoms with E-state index in [9.17, 15) is 4.39 Å². The highest BCUT2D eigenvalue weighted by Crippen LogP contribution is 2.34. The predicted molar refractivity (Wildman–Crippen MR) is 75.2 cm³/mol. The summed E-state index contributed by atoms with van der Waals surface area (Å²) in [6.45, 7) is 2.19. The number of halogens is 3. The van der Waals surface area contributed by atoms with E-state index in [1.165, 1.54) is 18.4 Å². The second kappa shape index (κ2) is 6.75. The van der Waals surface area contributed by atoms with Crippen LogP contribution in [0.1, 0.15) is 31.7 Å². The van der Waals surface area contributed by atoms with Crippen LogP contribution in [0.4, 0.5) is 4.39 Å². The minimum Gasteiger partial charge on any atom is -0.207 e. The first-order valence-electron chi connectivity index (χ1n) is 5.56. The monoisotopic (exact) mass is 350 g/mol. The second-order valence-corrected chi connectivity index (χ2v) is 5.28.